The largest absolute Gasteiger partial charge is 0.462 e. The first-order valence-corrected chi connectivity index (χ1v) is 12.4. The van der Waals surface area contributed by atoms with E-state index in [4.69, 9.17) is 9.47 Å². The highest BCUT2D eigenvalue weighted by Crippen LogP contribution is 2.39. The smallest absolute Gasteiger partial charge is 0.345 e. The van der Waals surface area contributed by atoms with Gasteiger partial charge in [0.05, 0.1) is 6.10 Å². The lowest BCUT2D eigenvalue weighted by Gasteiger charge is -2.34. The predicted octanol–water partition coefficient (Wildman–Crippen LogP) is 5.68. The summed E-state index contributed by atoms with van der Waals surface area (Å²) in [5, 5.41) is 10.0. The van der Waals surface area contributed by atoms with E-state index >= 15 is 0 Å². The number of halogens is 3. The summed E-state index contributed by atoms with van der Waals surface area (Å²) in [6, 6.07) is 0. The van der Waals surface area contributed by atoms with E-state index in [1.165, 1.54) is 13.3 Å². The van der Waals surface area contributed by atoms with Gasteiger partial charge in [0.15, 0.2) is 0 Å². The van der Waals surface area contributed by atoms with Crippen LogP contribution in [-0.2, 0) is 19.1 Å². The van der Waals surface area contributed by atoms with Gasteiger partial charge >= 0.3 is 11.9 Å². The van der Waals surface area contributed by atoms with Gasteiger partial charge in [-0.05, 0) is 97.6 Å². The monoisotopic (exact) mass is 590 g/mol. The first-order chi connectivity index (χ1) is 12.9. The van der Waals surface area contributed by atoms with E-state index in [1.807, 2.05) is 6.92 Å². The minimum Gasteiger partial charge on any atom is -0.462 e. The molecule has 0 aromatic heterocycles. The van der Waals surface area contributed by atoms with Gasteiger partial charge in [0.2, 0.25) is 2.14 Å². The molecule has 1 N–H and O–H groups in total. The summed E-state index contributed by atoms with van der Waals surface area (Å²) in [4.78, 5) is 23.9. The molecule has 5 atom stereocenters. The molecule has 0 radical (unpaired) electrons. The lowest BCUT2D eigenvalue weighted by atomic mass is 9.74. The topological polar surface area (TPSA) is 72.8 Å². The molecule has 28 heavy (non-hydrogen) atoms. The molecule has 1 fully saturated rings. The minimum atomic E-state index is -1.14. The van der Waals surface area contributed by atoms with Crippen LogP contribution in [0.3, 0.4) is 0 Å². The number of aliphatic hydroxyl groups is 1. The van der Waals surface area contributed by atoms with Gasteiger partial charge in [0.25, 0.3) is 0 Å². The summed E-state index contributed by atoms with van der Waals surface area (Å²) >= 11 is 9.62. The van der Waals surface area contributed by atoms with E-state index in [0.717, 1.165) is 19.3 Å². The fourth-order valence-corrected chi connectivity index (χ4v) is 4.56. The number of hydrogen-bond acceptors (Lipinski definition) is 5. The Kier molecular flexibility index (Phi) is 11.5. The summed E-state index contributed by atoms with van der Waals surface area (Å²) < 4.78 is 10.0. The van der Waals surface area contributed by atoms with Crippen molar-refractivity contribution in [2.45, 2.75) is 93.1 Å². The van der Waals surface area contributed by atoms with Crippen LogP contribution in [0.1, 0.15) is 72.6 Å². The second kappa shape index (κ2) is 12.3. The van der Waals surface area contributed by atoms with Gasteiger partial charge in [-0.1, -0.05) is 20.8 Å². The molecule has 0 spiro atoms. The number of alkyl halides is 3. The molecule has 0 heterocycles. The average molecular weight is 593 g/mol. The summed E-state index contributed by atoms with van der Waals surface area (Å²) in [6.45, 7) is 7.77. The number of aliphatic hydroxyl groups excluding tert-OH is 1. The van der Waals surface area contributed by atoms with Gasteiger partial charge in [-0.2, -0.15) is 0 Å². The zero-order chi connectivity index (χ0) is 21.5. The molecule has 8 heteroatoms. The van der Waals surface area contributed by atoms with Gasteiger partial charge in [0.1, 0.15) is 12.2 Å². The molecule has 0 aromatic carbocycles. The number of carbonyl (C=O) groups is 2. The molecule has 5 nitrogen and oxygen atoms in total. The van der Waals surface area contributed by atoms with Crippen LogP contribution in [0.15, 0.2) is 0 Å². The van der Waals surface area contributed by atoms with Crippen molar-refractivity contribution in [3.05, 3.63) is 0 Å². The highest BCUT2D eigenvalue weighted by molar-refractivity contribution is 9.40. The highest BCUT2D eigenvalue weighted by atomic mass is 80.0. The third-order valence-corrected chi connectivity index (χ3v) is 6.21. The molecule has 5 unspecified atom stereocenters. The molecule has 1 saturated carbocycles. The number of ether oxygens (including phenoxy) is 2. The Morgan fingerprint density at radius 1 is 1.04 bits per heavy atom. The van der Waals surface area contributed by atoms with Crippen LogP contribution in [0, 0.1) is 17.8 Å². The van der Waals surface area contributed by atoms with Gasteiger partial charge < -0.3 is 14.6 Å². The fourth-order valence-electron chi connectivity index (χ4n) is 4.28. The zero-order valence-electron chi connectivity index (χ0n) is 17.1. The summed E-state index contributed by atoms with van der Waals surface area (Å²) in [6.07, 6.45) is 4.03. The Hall–Kier alpha value is 0.340. The van der Waals surface area contributed by atoms with Crippen molar-refractivity contribution in [2.24, 2.45) is 17.8 Å². The van der Waals surface area contributed by atoms with Crippen LogP contribution in [0.4, 0.5) is 0 Å². The SMILES string of the molecule is CCC(O)CC(CC(CC1CC(C)CC(C)C1)OC(=O)C(Br)(Br)Br)OC(C)=O. The Morgan fingerprint density at radius 2 is 1.61 bits per heavy atom. The first-order valence-electron chi connectivity index (χ1n) is 10.0. The predicted molar refractivity (Wildman–Crippen MR) is 121 cm³/mol. The molecule has 0 aliphatic heterocycles. The third kappa shape index (κ3) is 10.4. The van der Waals surface area contributed by atoms with E-state index < -0.39 is 32.4 Å². The molecule has 0 saturated heterocycles. The second-order valence-corrected chi connectivity index (χ2v) is 15.1. The van der Waals surface area contributed by atoms with Crippen molar-refractivity contribution in [3.8, 4) is 0 Å². The number of carbonyl (C=O) groups excluding carboxylic acids is 2. The van der Waals surface area contributed by atoms with Gasteiger partial charge in [-0.25, -0.2) is 4.79 Å². The van der Waals surface area contributed by atoms with Gasteiger partial charge in [-0.15, -0.1) is 0 Å². The Morgan fingerprint density at radius 3 is 2.07 bits per heavy atom. The molecular formula is C20H33Br3O5. The second-order valence-electron chi connectivity index (χ2n) is 8.31. The van der Waals surface area contributed by atoms with Gasteiger partial charge in [0, 0.05) is 19.8 Å². The van der Waals surface area contributed by atoms with Crippen molar-refractivity contribution in [1.82, 2.24) is 0 Å². The van der Waals surface area contributed by atoms with Crippen LogP contribution >= 0.6 is 47.8 Å². The molecular weight excluding hydrogens is 560 g/mol. The van der Waals surface area contributed by atoms with Crippen LogP contribution in [0.5, 0.6) is 0 Å². The average Bonchev–Trinajstić information content (AvgIpc) is 2.51. The summed E-state index contributed by atoms with van der Waals surface area (Å²) in [5.74, 6) is 0.889. The maximum absolute atomic E-state index is 12.4. The van der Waals surface area contributed by atoms with Crippen LogP contribution in [-0.4, -0.2) is 37.5 Å². The quantitative estimate of drug-likeness (QED) is 0.275. The number of hydrogen-bond donors (Lipinski definition) is 1. The standard InChI is InChI=1S/C20H33Br3O5/c1-5-16(25)10-18(27-14(4)24)11-17(28-19(26)20(21,22)23)9-15-7-12(2)6-13(3)8-15/h12-13,15-18,25H,5-11H2,1-4H3. The lowest BCUT2D eigenvalue weighted by Crippen LogP contribution is -2.34. The molecule has 0 bridgehead atoms. The summed E-state index contributed by atoms with van der Waals surface area (Å²) in [5.41, 5.74) is 0. The van der Waals surface area contributed by atoms with Crippen molar-refractivity contribution >= 4 is 59.7 Å². The maximum atomic E-state index is 12.4. The van der Waals surface area contributed by atoms with Crippen molar-refractivity contribution < 1.29 is 24.2 Å². The van der Waals surface area contributed by atoms with Crippen molar-refractivity contribution in [2.75, 3.05) is 0 Å². The normalized spacial score (nSPS) is 26.2. The number of rotatable bonds is 9. The molecule has 164 valence electrons. The third-order valence-electron chi connectivity index (χ3n) is 5.24. The fraction of sp³-hybridized carbons (Fsp3) is 0.900. The molecule has 0 amide bonds. The van der Waals surface area contributed by atoms with E-state index in [0.29, 0.717) is 37.0 Å². The van der Waals surface area contributed by atoms with Crippen LogP contribution < -0.4 is 0 Å². The Balaban J connectivity index is 2.89. The molecule has 1 aliphatic rings. The van der Waals surface area contributed by atoms with E-state index in [9.17, 15) is 14.7 Å². The van der Waals surface area contributed by atoms with E-state index in [-0.39, 0.29) is 0 Å². The van der Waals surface area contributed by atoms with Crippen LogP contribution in [0.2, 0.25) is 0 Å². The zero-order valence-corrected chi connectivity index (χ0v) is 21.9. The van der Waals surface area contributed by atoms with Crippen molar-refractivity contribution in [1.29, 1.82) is 0 Å². The van der Waals surface area contributed by atoms with E-state index in [1.54, 1.807) is 0 Å². The number of esters is 2. The van der Waals surface area contributed by atoms with E-state index in [2.05, 4.69) is 61.6 Å². The van der Waals surface area contributed by atoms with Crippen molar-refractivity contribution in [3.63, 3.8) is 0 Å². The molecule has 1 rings (SSSR count). The van der Waals surface area contributed by atoms with Gasteiger partial charge in [-0.3, -0.25) is 4.79 Å². The minimum absolute atomic E-state index is 0.337. The first kappa shape index (κ1) is 26.4. The summed E-state index contributed by atoms with van der Waals surface area (Å²) in [7, 11) is 0. The molecule has 0 aromatic rings. The Labute approximate surface area is 194 Å². The van der Waals surface area contributed by atoms with Crippen LogP contribution in [0.25, 0.3) is 0 Å². The molecule has 1 aliphatic carbocycles. The maximum Gasteiger partial charge on any atom is 0.345 e. The lowest BCUT2D eigenvalue weighted by molar-refractivity contribution is -0.155. The Bertz CT molecular complexity index is 499. The highest BCUT2D eigenvalue weighted by Gasteiger charge is 2.36.